The zero-order chi connectivity index (χ0) is 38.7. The molecule has 0 aromatic rings. The molecular formula is C48H97NO4. The Morgan fingerprint density at radius 1 is 0.377 bits per heavy atom. The molecule has 318 valence electrons. The second kappa shape index (κ2) is 44.1. The van der Waals surface area contributed by atoms with Crippen molar-refractivity contribution in [1.29, 1.82) is 0 Å². The van der Waals surface area contributed by atoms with Gasteiger partial charge in [0.15, 0.2) is 0 Å². The van der Waals surface area contributed by atoms with Crippen LogP contribution in [0.1, 0.15) is 277 Å². The maximum Gasteiger partial charge on any atom is 0.249 e. The molecule has 0 radical (unpaired) electrons. The first-order valence-corrected chi connectivity index (χ1v) is 24.3. The fourth-order valence-corrected chi connectivity index (χ4v) is 7.90. The summed E-state index contributed by atoms with van der Waals surface area (Å²) in [5.41, 5.74) is 0. The summed E-state index contributed by atoms with van der Waals surface area (Å²) < 4.78 is 0. The molecule has 3 atom stereocenters. The number of hydrogen-bond donors (Lipinski definition) is 4. The van der Waals surface area contributed by atoms with Gasteiger partial charge in [0.1, 0.15) is 6.10 Å². The van der Waals surface area contributed by atoms with Crippen molar-refractivity contribution in [2.45, 2.75) is 295 Å². The lowest BCUT2D eigenvalue weighted by atomic mass is 10.0. The minimum Gasteiger partial charge on any atom is -0.394 e. The number of hydrogen-bond acceptors (Lipinski definition) is 4. The van der Waals surface area contributed by atoms with Crippen LogP contribution in [0.2, 0.25) is 0 Å². The number of amides is 1. The molecule has 1 amide bonds. The van der Waals surface area contributed by atoms with Gasteiger partial charge in [0.05, 0.1) is 18.8 Å². The van der Waals surface area contributed by atoms with Crippen molar-refractivity contribution in [1.82, 2.24) is 5.32 Å². The minimum atomic E-state index is -1.07. The van der Waals surface area contributed by atoms with Crippen molar-refractivity contribution in [3.63, 3.8) is 0 Å². The zero-order valence-corrected chi connectivity index (χ0v) is 36.2. The highest BCUT2D eigenvalue weighted by molar-refractivity contribution is 5.80. The zero-order valence-electron chi connectivity index (χ0n) is 36.2. The Labute approximate surface area is 332 Å². The quantitative estimate of drug-likeness (QED) is 0.0466. The van der Waals surface area contributed by atoms with Crippen molar-refractivity contribution in [2.75, 3.05) is 6.61 Å². The van der Waals surface area contributed by atoms with E-state index in [4.69, 9.17) is 0 Å². The molecule has 53 heavy (non-hydrogen) atoms. The maximum absolute atomic E-state index is 12.5. The molecule has 0 fully saturated rings. The van der Waals surface area contributed by atoms with Gasteiger partial charge in [0, 0.05) is 0 Å². The third kappa shape index (κ3) is 39.4. The molecular weight excluding hydrogens is 655 g/mol. The maximum atomic E-state index is 12.5. The molecule has 0 saturated heterocycles. The molecule has 0 heterocycles. The van der Waals surface area contributed by atoms with Gasteiger partial charge in [-0.15, -0.1) is 0 Å². The van der Waals surface area contributed by atoms with Crippen molar-refractivity contribution in [3.05, 3.63) is 0 Å². The van der Waals surface area contributed by atoms with Crippen molar-refractivity contribution in [3.8, 4) is 0 Å². The Bertz CT molecular complexity index is 703. The molecule has 5 heteroatoms. The lowest BCUT2D eigenvalue weighted by molar-refractivity contribution is -0.131. The van der Waals surface area contributed by atoms with E-state index in [1.54, 1.807) is 0 Å². The van der Waals surface area contributed by atoms with Gasteiger partial charge in [-0.2, -0.15) is 0 Å². The van der Waals surface area contributed by atoms with Gasteiger partial charge in [-0.3, -0.25) is 4.79 Å². The molecule has 4 N–H and O–H groups in total. The second-order valence-corrected chi connectivity index (χ2v) is 17.0. The average Bonchev–Trinajstić information content (AvgIpc) is 3.16. The molecule has 0 aliphatic heterocycles. The molecule has 0 saturated carbocycles. The molecule has 0 bridgehead atoms. The van der Waals surface area contributed by atoms with E-state index in [-0.39, 0.29) is 6.61 Å². The van der Waals surface area contributed by atoms with E-state index >= 15 is 0 Å². The normalized spacial score (nSPS) is 13.4. The Morgan fingerprint density at radius 2 is 0.604 bits per heavy atom. The number of carbonyl (C=O) groups is 1. The average molecular weight is 752 g/mol. The largest absolute Gasteiger partial charge is 0.394 e. The molecule has 0 aromatic carbocycles. The first kappa shape index (κ1) is 52.3. The first-order valence-electron chi connectivity index (χ1n) is 24.3. The summed E-state index contributed by atoms with van der Waals surface area (Å²) in [6.07, 6.45) is 51.3. The molecule has 0 aliphatic rings. The second-order valence-electron chi connectivity index (χ2n) is 17.0. The van der Waals surface area contributed by atoms with Crippen molar-refractivity contribution < 1.29 is 20.1 Å². The summed E-state index contributed by atoms with van der Waals surface area (Å²) in [5.74, 6) is -0.466. The van der Waals surface area contributed by atoms with Crippen LogP contribution < -0.4 is 5.32 Å². The van der Waals surface area contributed by atoms with Crippen LogP contribution in [-0.2, 0) is 4.79 Å². The van der Waals surface area contributed by atoms with E-state index in [2.05, 4.69) is 19.2 Å². The molecule has 5 nitrogen and oxygen atoms in total. The van der Waals surface area contributed by atoms with Crippen LogP contribution in [0.4, 0.5) is 0 Å². The highest BCUT2D eigenvalue weighted by Gasteiger charge is 2.23. The van der Waals surface area contributed by atoms with E-state index in [0.717, 1.165) is 32.1 Å². The molecule has 3 unspecified atom stereocenters. The lowest BCUT2D eigenvalue weighted by Gasteiger charge is -2.23. The monoisotopic (exact) mass is 752 g/mol. The molecule has 0 spiro atoms. The van der Waals surface area contributed by atoms with Gasteiger partial charge in [0.25, 0.3) is 0 Å². The van der Waals surface area contributed by atoms with Gasteiger partial charge in [-0.25, -0.2) is 0 Å². The summed E-state index contributed by atoms with van der Waals surface area (Å²) in [5, 5.41) is 33.3. The van der Waals surface area contributed by atoms with E-state index in [1.165, 1.54) is 218 Å². The number of aliphatic hydroxyl groups is 3. The van der Waals surface area contributed by atoms with Crippen LogP contribution in [0.3, 0.4) is 0 Å². The van der Waals surface area contributed by atoms with Gasteiger partial charge in [0.2, 0.25) is 5.91 Å². The van der Waals surface area contributed by atoms with Gasteiger partial charge in [-0.1, -0.05) is 264 Å². The number of nitrogens with one attached hydrogen (secondary N) is 1. The molecule has 0 aromatic heterocycles. The third-order valence-electron chi connectivity index (χ3n) is 11.7. The lowest BCUT2D eigenvalue weighted by Crippen LogP contribution is -2.49. The minimum absolute atomic E-state index is 0.308. The summed E-state index contributed by atoms with van der Waals surface area (Å²) in [7, 11) is 0. The van der Waals surface area contributed by atoms with Crippen molar-refractivity contribution in [2.24, 2.45) is 0 Å². The van der Waals surface area contributed by atoms with Crippen LogP contribution in [0.15, 0.2) is 0 Å². The van der Waals surface area contributed by atoms with Crippen LogP contribution in [0.5, 0.6) is 0 Å². The highest BCUT2D eigenvalue weighted by atomic mass is 16.3. The number of rotatable bonds is 45. The summed E-state index contributed by atoms with van der Waals surface area (Å²) in [4.78, 5) is 12.5. The summed E-state index contributed by atoms with van der Waals surface area (Å²) >= 11 is 0. The Balaban J connectivity index is 3.46. The van der Waals surface area contributed by atoms with E-state index in [9.17, 15) is 20.1 Å². The Kier molecular flexibility index (Phi) is 43.5. The third-order valence-corrected chi connectivity index (χ3v) is 11.7. The van der Waals surface area contributed by atoms with Crippen LogP contribution in [0.25, 0.3) is 0 Å². The standard InChI is InChI=1S/C48H97NO4/c1-3-5-7-9-11-13-15-16-17-18-19-20-21-22-23-24-25-26-27-28-29-30-31-33-35-37-39-41-43-47(52)48(53)49-45(44-50)46(51)42-40-38-36-34-32-14-12-10-8-6-4-2/h45-47,50-52H,3-44H2,1-2H3,(H,49,53). The predicted molar refractivity (Wildman–Crippen MR) is 232 cm³/mol. The van der Waals surface area contributed by atoms with Gasteiger partial charge in [-0.05, 0) is 12.8 Å². The predicted octanol–water partition coefficient (Wildman–Crippen LogP) is 14.2. The first-order chi connectivity index (χ1) is 26.1. The summed E-state index contributed by atoms with van der Waals surface area (Å²) in [6.45, 7) is 4.24. The van der Waals surface area contributed by atoms with Crippen LogP contribution >= 0.6 is 0 Å². The smallest absolute Gasteiger partial charge is 0.249 e. The SMILES string of the molecule is CCCCCCCCCCCCCCCCCCCCCCCCCCCCCCC(O)C(=O)NC(CO)C(O)CCCCCCCCCCCCC. The Morgan fingerprint density at radius 3 is 0.849 bits per heavy atom. The van der Waals surface area contributed by atoms with Gasteiger partial charge >= 0.3 is 0 Å². The topological polar surface area (TPSA) is 89.8 Å². The van der Waals surface area contributed by atoms with E-state index in [0.29, 0.717) is 12.8 Å². The van der Waals surface area contributed by atoms with E-state index in [1.807, 2.05) is 0 Å². The van der Waals surface area contributed by atoms with Crippen LogP contribution in [0, 0.1) is 0 Å². The molecule has 0 rings (SSSR count). The number of unbranched alkanes of at least 4 members (excludes halogenated alkanes) is 37. The molecule has 0 aliphatic carbocycles. The van der Waals surface area contributed by atoms with E-state index < -0.39 is 24.2 Å². The fourth-order valence-electron chi connectivity index (χ4n) is 7.90. The van der Waals surface area contributed by atoms with Crippen LogP contribution in [-0.4, -0.2) is 46.1 Å². The van der Waals surface area contributed by atoms with Gasteiger partial charge < -0.3 is 20.6 Å². The highest BCUT2D eigenvalue weighted by Crippen LogP contribution is 2.18. The number of aliphatic hydroxyl groups excluding tert-OH is 3. The Hall–Kier alpha value is -0.650. The fraction of sp³-hybridized carbons (Fsp3) is 0.979. The van der Waals surface area contributed by atoms with Crippen molar-refractivity contribution >= 4 is 5.91 Å². The summed E-state index contributed by atoms with van der Waals surface area (Å²) in [6, 6.07) is -0.705. The number of carbonyl (C=O) groups excluding carboxylic acids is 1.